The monoisotopic (exact) mass is 359 g/mol. The highest BCUT2D eigenvalue weighted by Gasteiger charge is 2.33. The zero-order valence-corrected chi connectivity index (χ0v) is 16.1. The van der Waals surface area contributed by atoms with Gasteiger partial charge in [-0.3, -0.25) is 4.31 Å². The summed E-state index contributed by atoms with van der Waals surface area (Å²) < 4.78 is 34.0. The van der Waals surface area contributed by atoms with Gasteiger partial charge in [-0.05, 0) is 48.1 Å². The first-order valence-corrected chi connectivity index (χ1v) is 10.1. The summed E-state index contributed by atoms with van der Waals surface area (Å²) in [4.78, 5) is 0.249. The summed E-state index contributed by atoms with van der Waals surface area (Å²) in [5, 5.41) is 0. The molecular formula is C20H25NO3S. The van der Waals surface area contributed by atoms with E-state index in [2.05, 4.69) is 20.8 Å². The number of nitrogens with zero attached hydrogens (tertiary/aromatic N) is 1. The minimum absolute atomic E-state index is 0.141. The van der Waals surface area contributed by atoms with Crippen LogP contribution in [0.3, 0.4) is 0 Å². The summed E-state index contributed by atoms with van der Waals surface area (Å²) in [5.41, 5.74) is 2.67. The van der Waals surface area contributed by atoms with Crippen LogP contribution in [0, 0.1) is 0 Å². The van der Waals surface area contributed by atoms with E-state index in [1.54, 1.807) is 12.1 Å². The molecule has 0 radical (unpaired) electrons. The van der Waals surface area contributed by atoms with E-state index in [-0.39, 0.29) is 10.3 Å². The molecule has 25 heavy (non-hydrogen) atoms. The van der Waals surface area contributed by atoms with E-state index < -0.39 is 10.0 Å². The van der Waals surface area contributed by atoms with Gasteiger partial charge in [0.05, 0.1) is 12.3 Å². The van der Waals surface area contributed by atoms with Gasteiger partial charge in [0, 0.05) is 6.54 Å². The molecule has 0 saturated heterocycles. The average molecular weight is 359 g/mol. The van der Waals surface area contributed by atoms with Crippen molar-refractivity contribution >= 4 is 15.7 Å². The van der Waals surface area contributed by atoms with E-state index >= 15 is 0 Å². The molecule has 0 aromatic heterocycles. The van der Waals surface area contributed by atoms with Crippen LogP contribution in [-0.4, -0.2) is 21.6 Å². The van der Waals surface area contributed by atoms with Crippen molar-refractivity contribution in [1.82, 2.24) is 0 Å². The van der Waals surface area contributed by atoms with Gasteiger partial charge in [0.15, 0.2) is 0 Å². The molecule has 0 N–H and O–H groups in total. The Balaban J connectivity index is 2.13. The van der Waals surface area contributed by atoms with Crippen LogP contribution in [0.4, 0.5) is 5.69 Å². The number of ether oxygens (including phenoxy) is 1. The van der Waals surface area contributed by atoms with Gasteiger partial charge in [-0.15, -0.1) is 0 Å². The van der Waals surface area contributed by atoms with Crippen LogP contribution in [0.5, 0.6) is 5.75 Å². The van der Waals surface area contributed by atoms with Crippen molar-refractivity contribution in [1.29, 1.82) is 0 Å². The molecule has 3 rings (SSSR count). The van der Waals surface area contributed by atoms with Gasteiger partial charge < -0.3 is 4.74 Å². The second-order valence-corrected chi connectivity index (χ2v) is 9.13. The van der Waals surface area contributed by atoms with Crippen molar-refractivity contribution < 1.29 is 13.2 Å². The third-order valence-electron chi connectivity index (χ3n) is 4.52. The van der Waals surface area contributed by atoms with Crippen LogP contribution in [-0.2, 0) is 21.9 Å². The summed E-state index contributed by atoms with van der Waals surface area (Å²) in [6, 6.07) is 13.2. The van der Waals surface area contributed by atoms with Crippen molar-refractivity contribution in [3.05, 3.63) is 53.6 Å². The van der Waals surface area contributed by atoms with Gasteiger partial charge in [0.25, 0.3) is 10.0 Å². The van der Waals surface area contributed by atoms with E-state index in [1.807, 2.05) is 37.3 Å². The minimum atomic E-state index is -3.68. The van der Waals surface area contributed by atoms with Crippen molar-refractivity contribution in [3.63, 3.8) is 0 Å². The highest BCUT2D eigenvalue weighted by Crippen LogP contribution is 2.37. The maximum absolute atomic E-state index is 13.4. The lowest BCUT2D eigenvalue weighted by atomic mass is 9.87. The highest BCUT2D eigenvalue weighted by molar-refractivity contribution is 7.93. The molecule has 5 heteroatoms. The van der Waals surface area contributed by atoms with Crippen LogP contribution in [0.1, 0.15) is 38.8 Å². The van der Waals surface area contributed by atoms with Gasteiger partial charge in [-0.1, -0.05) is 45.0 Å². The number of anilines is 1. The summed E-state index contributed by atoms with van der Waals surface area (Å²) in [7, 11) is -3.68. The Kier molecular flexibility index (Phi) is 4.54. The normalized spacial score (nSPS) is 14.5. The molecule has 1 heterocycles. The van der Waals surface area contributed by atoms with Crippen molar-refractivity contribution in [2.75, 3.05) is 17.5 Å². The lowest BCUT2D eigenvalue weighted by Gasteiger charge is -2.24. The molecule has 0 amide bonds. The predicted molar refractivity (Wildman–Crippen MR) is 101 cm³/mol. The number of hydrogen-bond acceptors (Lipinski definition) is 3. The molecule has 2 aromatic carbocycles. The average Bonchev–Trinajstić information content (AvgIpc) is 2.99. The molecule has 1 aliphatic heterocycles. The Bertz CT molecular complexity index is 882. The van der Waals surface area contributed by atoms with Gasteiger partial charge in [-0.2, -0.15) is 0 Å². The lowest BCUT2D eigenvalue weighted by Crippen LogP contribution is -2.30. The van der Waals surface area contributed by atoms with Crippen LogP contribution in [0.2, 0.25) is 0 Å². The second kappa shape index (κ2) is 6.37. The van der Waals surface area contributed by atoms with E-state index in [4.69, 9.17) is 4.74 Å². The zero-order valence-electron chi connectivity index (χ0n) is 15.2. The molecule has 0 spiro atoms. The molecule has 0 atom stereocenters. The number of benzene rings is 2. The summed E-state index contributed by atoms with van der Waals surface area (Å²) in [5.74, 6) is 0.417. The quantitative estimate of drug-likeness (QED) is 0.824. The smallest absolute Gasteiger partial charge is 0.268 e. The van der Waals surface area contributed by atoms with E-state index in [0.29, 0.717) is 18.9 Å². The molecule has 1 aliphatic rings. The van der Waals surface area contributed by atoms with Crippen molar-refractivity contribution in [2.24, 2.45) is 0 Å². The fraction of sp³-hybridized carbons (Fsp3) is 0.400. The number of hydrogen-bond donors (Lipinski definition) is 0. The van der Waals surface area contributed by atoms with Crippen LogP contribution < -0.4 is 9.04 Å². The summed E-state index contributed by atoms with van der Waals surface area (Å²) in [6.07, 6.45) is 0.734. The molecule has 0 fully saturated rings. The number of rotatable bonds is 4. The van der Waals surface area contributed by atoms with Gasteiger partial charge in [0.2, 0.25) is 0 Å². The Labute approximate surface area is 150 Å². The third-order valence-corrected chi connectivity index (χ3v) is 6.36. The Hall–Kier alpha value is -2.01. The molecule has 134 valence electrons. The van der Waals surface area contributed by atoms with Crippen LogP contribution >= 0.6 is 0 Å². The number of sulfonamides is 1. The van der Waals surface area contributed by atoms with Crippen molar-refractivity contribution in [2.45, 2.75) is 44.4 Å². The Morgan fingerprint density at radius 3 is 2.52 bits per heavy atom. The maximum atomic E-state index is 13.4. The molecule has 2 aromatic rings. The summed E-state index contributed by atoms with van der Waals surface area (Å²) in [6.45, 7) is 8.97. The first-order valence-electron chi connectivity index (χ1n) is 8.63. The first kappa shape index (κ1) is 17.8. The van der Waals surface area contributed by atoms with Gasteiger partial charge >= 0.3 is 0 Å². The predicted octanol–water partition coefficient (Wildman–Crippen LogP) is 4.13. The topological polar surface area (TPSA) is 46.6 Å². The lowest BCUT2D eigenvalue weighted by molar-refractivity contribution is 0.330. The maximum Gasteiger partial charge on any atom is 0.268 e. The Morgan fingerprint density at radius 1 is 1.12 bits per heavy atom. The molecule has 4 nitrogen and oxygen atoms in total. The van der Waals surface area contributed by atoms with E-state index in [1.165, 1.54) is 4.31 Å². The fourth-order valence-corrected chi connectivity index (χ4v) is 4.79. The molecular weight excluding hydrogens is 334 g/mol. The second-order valence-electron chi connectivity index (χ2n) is 7.30. The molecule has 0 aliphatic carbocycles. The standard InChI is InChI=1S/C20H25NO3S/c1-5-24-18-11-10-16(20(2,3)4)14-19(18)25(22,23)21-13-12-15-8-6-7-9-17(15)21/h6-11,14H,5,12-13H2,1-4H3. The molecule has 0 saturated carbocycles. The molecule has 0 unspecified atom stereocenters. The Morgan fingerprint density at radius 2 is 1.84 bits per heavy atom. The van der Waals surface area contributed by atoms with Crippen LogP contribution in [0.25, 0.3) is 0 Å². The minimum Gasteiger partial charge on any atom is -0.492 e. The van der Waals surface area contributed by atoms with E-state index in [0.717, 1.165) is 23.2 Å². The largest absolute Gasteiger partial charge is 0.492 e. The highest BCUT2D eigenvalue weighted by atomic mass is 32.2. The van der Waals surface area contributed by atoms with Crippen LogP contribution in [0.15, 0.2) is 47.4 Å². The van der Waals surface area contributed by atoms with E-state index in [9.17, 15) is 8.42 Å². The van der Waals surface area contributed by atoms with Gasteiger partial charge in [-0.25, -0.2) is 8.42 Å². The third kappa shape index (κ3) is 3.25. The van der Waals surface area contributed by atoms with Crippen molar-refractivity contribution in [3.8, 4) is 5.75 Å². The SMILES string of the molecule is CCOc1ccc(C(C)(C)C)cc1S(=O)(=O)N1CCc2ccccc21. The molecule has 0 bridgehead atoms. The first-order chi connectivity index (χ1) is 11.7. The fourth-order valence-electron chi connectivity index (χ4n) is 3.13. The number of para-hydroxylation sites is 1. The van der Waals surface area contributed by atoms with Gasteiger partial charge in [0.1, 0.15) is 10.6 Å². The number of fused-ring (bicyclic) bond motifs is 1. The zero-order chi connectivity index (χ0) is 18.2. The summed E-state index contributed by atoms with van der Waals surface area (Å²) >= 11 is 0.